The molecule has 0 spiro atoms. The second-order valence-corrected chi connectivity index (χ2v) is 7.25. The summed E-state index contributed by atoms with van der Waals surface area (Å²) in [7, 11) is 0. The second kappa shape index (κ2) is 7.08. The summed E-state index contributed by atoms with van der Waals surface area (Å²) in [5, 5.41) is 12.3. The maximum Gasteiger partial charge on any atom is 0.347 e. The highest BCUT2D eigenvalue weighted by Gasteiger charge is 2.35. The standard InChI is InChI=1S/C15H21N3O4S/c1-8(2)6-18-7-10(4-12(18)19)13(20)17-9(3)14-16-5-11(23-14)15(21)22/h5,8-10H,4,6-7H2,1-3H3,(H,17,20)(H,21,22). The molecule has 0 bridgehead atoms. The van der Waals surface area contributed by atoms with Crippen molar-refractivity contribution < 1.29 is 19.5 Å². The molecule has 126 valence electrons. The molecule has 1 aliphatic rings. The lowest BCUT2D eigenvalue weighted by atomic mass is 10.1. The summed E-state index contributed by atoms with van der Waals surface area (Å²) in [5.74, 6) is -1.21. The Morgan fingerprint density at radius 3 is 2.74 bits per heavy atom. The van der Waals surface area contributed by atoms with E-state index < -0.39 is 5.97 Å². The van der Waals surface area contributed by atoms with Gasteiger partial charge in [-0.2, -0.15) is 0 Å². The van der Waals surface area contributed by atoms with Crippen molar-refractivity contribution in [2.45, 2.75) is 33.2 Å². The van der Waals surface area contributed by atoms with Crippen LogP contribution in [0.4, 0.5) is 0 Å². The summed E-state index contributed by atoms with van der Waals surface area (Å²) in [6.07, 6.45) is 1.51. The molecule has 2 rings (SSSR count). The van der Waals surface area contributed by atoms with Crippen molar-refractivity contribution in [3.8, 4) is 0 Å². The Morgan fingerprint density at radius 1 is 1.48 bits per heavy atom. The fourth-order valence-electron chi connectivity index (χ4n) is 2.54. The van der Waals surface area contributed by atoms with Crippen LogP contribution in [-0.4, -0.2) is 45.9 Å². The van der Waals surface area contributed by atoms with Gasteiger partial charge in [0.05, 0.1) is 18.2 Å². The molecule has 0 aliphatic carbocycles. The molecule has 7 nitrogen and oxygen atoms in total. The number of nitrogens with one attached hydrogen (secondary N) is 1. The Hall–Kier alpha value is -1.96. The van der Waals surface area contributed by atoms with Crippen LogP contribution in [0.1, 0.15) is 47.9 Å². The van der Waals surface area contributed by atoms with E-state index in [1.807, 2.05) is 13.8 Å². The van der Waals surface area contributed by atoms with Crippen LogP contribution < -0.4 is 5.32 Å². The van der Waals surface area contributed by atoms with Crippen LogP contribution in [0.2, 0.25) is 0 Å². The number of carboxylic acids is 1. The molecule has 0 radical (unpaired) electrons. The van der Waals surface area contributed by atoms with Crippen LogP contribution in [-0.2, 0) is 9.59 Å². The number of hydrogen-bond donors (Lipinski definition) is 2. The Kier molecular flexibility index (Phi) is 5.35. The number of carbonyl (C=O) groups excluding carboxylic acids is 2. The number of amides is 2. The largest absolute Gasteiger partial charge is 0.477 e. The van der Waals surface area contributed by atoms with Crippen LogP contribution in [0.25, 0.3) is 0 Å². The fourth-order valence-corrected chi connectivity index (χ4v) is 3.30. The molecule has 2 unspecified atom stereocenters. The molecular formula is C15H21N3O4S. The van der Waals surface area contributed by atoms with Crippen LogP contribution in [0.5, 0.6) is 0 Å². The lowest BCUT2D eigenvalue weighted by Gasteiger charge is -2.19. The third-order valence-corrected chi connectivity index (χ3v) is 4.80. The molecule has 1 fully saturated rings. The van der Waals surface area contributed by atoms with Gasteiger partial charge < -0.3 is 15.3 Å². The number of likely N-dealkylation sites (tertiary alicyclic amines) is 1. The van der Waals surface area contributed by atoms with Crippen molar-refractivity contribution in [2.24, 2.45) is 11.8 Å². The molecule has 23 heavy (non-hydrogen) atoms. The van der Waals surface area contributed by atoms with E-state index in [2.05, 4.69) is 10.3 Å². The van der Waals surface area contributed by atoms with Gasteiger partial charge in [0.25, 0.3) is 0 Å². The van der Waals surface area contributed by atoms with E-state index in [0.717, 1.165) is 11.3 Å². The third-order valence-electron chi connectivity index (χ3n) is 3.63. The molecule has 8 heteroatoms. The minimum absolute atomic E-state index is 0.00825. The number of aromatic nitrogens is 1. The van der Waals surface area contributed by atoms with Gasteiger partial charge in [0.15, 0.2) is 0 Å². The summed E-state index contributed by atoms with van der Waals surface area (Å²) in [4.78, 5) is 41.0. The van der Waals surface area contributed by atoms with Crippen molar-refractivity contribution in [3.63, 3.8) is 0 Å². The quantitative estimate of drug-likeness (QED) is 0.818. The van der Waals surface area contributed by atoms with Crippen molar-refractivity contribution >= 4 is 29.1 Å². The number of hydrogen-bond acceptors (Lipinski definition) is 5. The molecule has 1 saturated heterocycles. The highest BCUT2D eigenvalue weighted by Crippen LogP contribution is 2.23. The van der Waals surface area contributed by atoms with Crippen molar-refractivity contribution in [2.75, 3.05) is 13.1 Å². The molecule has 2 atom stereocenters. The number of rotatable bonds is 6. The van der Waals surface area contributed by atoms with Gasteiger partial charge in [0.1, 0.15) is 9.88 Å². The minimum atomic E-state index is -1.03. The molecule has 1 aromatic heterocycles. The zero-order chi connectivity index (χ0) is 17.1. The van der Waals surface area contributed by atoms with Crippen LogP contribution in [0.15, 0.2) is 6.20 Å². The van der Waals surface area contributed by atoms with Gasteiger partial charge in [-0.05, 0) is 12.8 Å². The summed E-state index contributed by atoms with van der Waals surface area (Å²) in [6, 6.07) is -0.380. The number of nitrogens with zero attached hydrogens (tertiary/aromatic N) is 2. The van der Waals surface area contributed by atoms with Gasteiger partial charge >= 0.3 is 5.97 Å². The summed E-state index contributed by atoms with van der Waals surface area (Å²) >= 11 is 1.04. The first-order chi connectivity index (χ1) is 10.8. The molecule has 2 N–H and O–H groups in total. The predicted molar refractivity (Wildman–Crippen MR) is 85.2 cm³/mol. The average molecular weight is 339 g/mol. The fraction of sp³-hybridized carbons (Fsp3) is 0.600. The highest BCUT2D eigenvalue weighted by molar-refractivity contribution is 7.13. The van der Waals surface area contributed by atoms with Gasteiger partial charge in [0, 0.05) is 19.5 Å². The Labute approximate surface area is 138 Å². The SMILES string of the molecule is CC(C)CN1CC(C(=O)NC(C)c2ncc(C(=O)O)s2)CC1=O. The molecule has 2 heterocycles. The summed E-state index contributed by atoms with van der Waals surface area (Å²) < 4.78 is 0. The van der Waals surface area contributed by atoms with Crippen LogP contribution in [0.3, 0.4) is 0 Å². The first-order valence-electron chi connectivity index (χ1n) is 7.55. The molecular weight excluding hydrogens is 318 g/mol. The van der Waals surface area contributed by atoms with Gasteiger partial charge in [-0.3, -0.25) is 9.59 Å². The van der Waals surface area contributed by atoms with Crippen LogP contribution >= 0.6 is 11.3 Å². The number of carboxylic acid groups (broad SMARTS) is 1. The Balaban J connectivity index is 1.93. The Bertz CT molecular complexity index is 614. The number of carbonyl (C=O) groups is 3. The smallest absolute Gasteiger partial charge is 0.347 e. The summed E-state index contributed by atoms with van der Waals surface area (Å²) in [5.41, 5.74) is 0. The zero-order valence-corrected chi connectivity index (χ0v) is 14.2. The Morgan fingerprint density at radius 2 is 2.17 bits per heavy atom. The van der Waals surface area contributed by atoms with E-state index in [1.165, 1.54) is 6.20 Å². The first kappa shape index (κ1) is 17.4. The second-order valence-electron chi connectivity index (χ2n) is 6.19. The van der Waals surface area contributed by atoms with Gasteiger partial charge in [0.2, 0.25) is 11.8 Å². The predicted octanol–water partition coefficient (Wildman–Crippen LogP) is 1.52. The zero-order valence-electron chi connectivity index (χ0n) is 13.4. The van der Waals surface area contributed by atoms with Gasteiger partial charge in [-0.15, -0.1) is 11.3 Å². The van der Waals surface area contributed by atoms with E-state index >= 15 is 0 Å². The maximum absolute atomic E-state index is 12.3. The normalized spacial score (nSPS) is 19.2. The first-order valence-corrected chi connectivity index (χ1v) is 8.36. The van der Waals surface area contributed by atoms with E-state index in [-0.39, 0.29) is 35.1 Å². The van der Waals surface area contributed by atoms with Crippen LogP contribution in [0, 0.1) is 11.8 Å². The lowest BCUT2D eigenvalue weighted by Crippen LogP contribution is -2.35. The lowest BCUT2D eigenvalue weighted by molar-refractivity contribution is -0.129. The minimum Gasteiger partial charge on any atom is -0.477 e. The number of aromatic carboxylic acids is 1. The molecule has 0 saturated carbocycles. The molecule has 1 aliphatic heterocycles. The monoisotopic (exact) mass is 339 g/mol. The van der Waals surface area contributed by atoms with E-state index in [1.54, 1.807) is 11.8 Å². The highest BCUT2D eigenvalue weighted by atomic mass is 32.1. The van der Waals surface area contributed by atoms with Crippen molar-refractivity contribution in [3.05, 3.63) is 16.1 Å². The number of thiazole rings is 1. The molecule has 1 aromatic rings. The van der Waals surface area contributed by atoms with E-state index in [0.29, 0.717) is 24.0 Å². The summed E-state index contributed by atoms with van der Waals surface area (Å²) in [6.45, 7) is 6.92. The molecule has 0 aromatic carbocycles. The maximum atomic E-state index is 12.3. The van der Waals surface area contributed by atoms with Crippen molar-refractivity contribution in [1.29, 1.82) is 0 Å². The topological polar surface area (TPSA) is 99.6 Å². The van der Waals surface area contributed by atoms with Gasteiger partial charge in [-0.1, -0.05) is 13.8 Å². The molecule has 2 amide bonds. The average Bonchev–Trinajstić information content (AvgIpc) is 3.06. The van der Waals surface area contributed by atoms with E-state index in [4.69, 9.17) is 5.11 Å². The van der Waals surface area contributed by atoms with E-state index in [9.17, 15) is 14.4 Å². The van der Waals surface area contributed by atoms with Gasteiger partial charge in [-0.25, -0.2) is 9.78 Å². The van der Waals surface area contributed by atoms with Crippen molar-refractivity contribution in [1.82, 2.24) is 15.2 Å². The third kappa shape index (κ3) is 4.28.